The SMILES string of the molecule is CC(C)(C)Cn1cc(CNS(=O)(=O)C2CC2)c2ccc(C3CCOCC3)cc21. The maximum Gasteiger partial charge on any atom is 0.214 e. The van der Waals surface area contributed by atoms with Crippen LogP contribution in [0.5, 0.6) is 0 Å². The molecule has 2 aromatic rings. The van der Waals surface area contributed by atoms with Crippen LogP contribution in [-0.2, 0) is 27.8 Å². The Balaban J connectivity index is 1.66. The van der Waals surface area contributed by atoms with Crippen LogP contribution in [0.2, 0.25) is 0 Å². The first kappa shape index (κ1) is 19.9. The summed E-state index contributed by atoms with van der Waals surface area (Å²) in [6, 6.07) is 6.72. The Bertz CT molecular complexity index is 946. The van der Waals surface area contributed by atoms with Gasteiger partial charge in [-0.05, 0) is 54.2 Å². The lowest BCUT2D eigenvalue weighted by atomic mass is 9.91. The van der Waals surface area contributed by atoms with Gasteiger partial charge in [-0.25, -0.2) is 13.1 Å². The average Bonchev–Trinajstić information content (AvgIpc) is 3.45. The van der Waals surface area contributed by atoms with E-state index in [0.717, 1.165) is 56.4 Å². The van der Waals surface area contributed by atoms with Gasteiger partial charge in [-0.3, -0.25) is 0 Å². The number of fused-ring (bicyclic) bond motifs is 1. The molecule has 0 spiro atoms. The third-order valence-corrected chi connectivity index (χ3v) is 7.65. The first-order valence-electron chi connectivity index (χ1n) is 10.4. The molecule has 0 atom stereocenters. The quantitative estimate of drug-likeness (QED) is 0.786. The number of hydrogen-bond acceptors (Lipinski definition) is 3. The number of sulfonamides is 1. The maximum atomic E-state index is 12.3. The fraction of sp³-hybridized carbons (Fsp3) is 0.636. The van der Waals surface area contributed by atoms with Crippen molar-refractivity contribution in [1.82, 2.24) is 9.29 Å². The Morgan fingerprint density at radius 1 is 1.14 bits per heavy atom. The second-order valence-corrected chi connectivity index (χ2v) is 11.6. The van der Waals surface area contributed by atoms with Crippen molar-refractivity contribution in [3.8, 4) is 0 Å². The average molecular weight is 405 g/mol. The van der Waals surface area contributed by atoms with E-state index in [4.69, 9.17) is 4.74 Å². The highest BCUT2D eigenvalue weighted by molar-refractivity contribution is 7.90. The van der Waals surface area contributed by atoms with E-state index in [9.17, 15) is 8.42 Å². The van der Waals surface area contributed by atoms with Crippen LogP contribution in [0.4, 0.5) is 0 Å². The normalized spacial score (nSPS) is 19.4. The van der Waals surface area contributed by atoms with Crippen LogP contribution < -0.4 is 4.72 Å². The number of nitrogens with one attached hydrogen (secondary N) is 1. The van der Waals surface area contributed by atoms with E-state index in [1.807, 2.05) is 0 Å². The van der Waals surface area contributed by atoms with Crippen molar-refractivity contribution in [3.63, 3.8) is 0 Å². The maximum absolute atomic E-state index is 12.3. The number of hydrogen-bond donors (Lipinski definition) is 1. The zero-order chi connectivity index (χ0) is 19.9. The van der Waals surface area contributed by atoms with Crippen molar-refractivity contribution < 1.29 is 13.2 Å². The minimum atomic E-state index is -3.18. The van der Waals surface area contributed by atoms with Crippen molar-refractivity contribution in [3.05, 3.63) is 35.5 Å². The lowest BCUT2D eigenvalue weighted by Gasteiger charge is -2.23. The van der Waals surface area contributed by atoms with Gasteiger partial charge in [0.2, 0.25) is 10.0 Å². The third-order valence-electron chi connectivity index (χ3n) is 5.75. The molecule has 4 rings (SSSR count). The van der Waals surface area contributed by atoms with Gasteiger partial charge in [0, 0.05) is 43.4 Å². The highest BCUT2D eigenvalue weighted by Crippen LogP contribution is 2.33. The topological polar surface area (TPSA) is 60.3 Å². The van der Waals surface area contributed by atoms with Crippen LogP contribution in [0.15, 0.2) is 24.4 Å². The van der Waals surface area contributed by atoms with Crippen molar-refractivity contribution in [2.24, 2.45) is 5.41 Å². The summed E-state index contributed by atoms with van der Waals surface area (Å²) in [7, 11) is -3.18. The molecule has 1 saturated carbocycles. The summed E-state index contributed by atoms with van der Waals surface area (Å²) in [6.07, 6.45) is 5.85. The minimum absolute atomic E-state index is 0.144. The Kier molecular flexibility index (Phi) is 5.31. The van der Waals surface area contributed by atoms with Crippen LogP contribution in [0, 0.1) is 5.41 Å². The number of ether oxygens (including phenoxy) is 1. The molecule has 1 aliphatic carbocycles. The van der Waals surface area contributed by atoms with Crippen LogP contribution in [0.1, 0.15) is 63.5 Å². The van der Waals surface area contributed by atoms with Gasteiger partial charge in [0.25, 0.3) is 0 Å². The first-order chi connectivity index (χ1) is 13.2. The molecular formula is C22H32N2O3S. The molecule has 0 amide bonds. The second-order valence-electron chi connectivity index (χ2n) is 9.57. The Hall–Kier alpha value is -1.37. The zero-order valence-corrected chi connectivity index (χ0v) is 18.0. The second kappa shape index (κ2) is 7.47. The van der Waals surface area contributed by atoms with Crippen LogP contribution in [0.3, 0.4) is 0 Å². The van der Waals surface area contributed by atoms with Gasteiger partial charge >= 0.3 is 0 Å². The van der Waals surface area contributed by atoms with Gasteiger partial charge in [-0.15, -0.1) is 0 Å². The van der Waals surface area contributed by atoms with Crippen molar-refractivity contribution >= 4 is 20.9 Å². The van der Waals surface area contributed by atoms with Crippen LogP contribution in [0.25, 0.3) is 10.9 Å². The van der Waals surface area contributed by atoms with Crippen LogP contribution >= 0.6 is 0 Å². The van der Waals surface area contributed by atoms with Crippen molar-refractivity contribution in [2.75, 3.05) is 13.2 Å². The molecule has 1 aromatic heterocycles. The highest BCUT2D eigenvalue weighted by Gasteiger charge is 2.35. The Morgan fingerprint density at radius 3 is 2.50 bits per heavy atom. The molecule has 1 aromatic carbocycles. The van der Waals surface area contributed by atoms with Crippen molar-refractivity contribution in [1.29, 1.82) is 0 Å². The molecule has 6 heteroatoms. The Labute approximate surface area is 168 Å². The molecule has 154 valence electrons. The molecule has 2 aliphatic rings. The van der Waals surface area contributed by atoms with E-state index in [-0.39, 0.29) is 10.7 Å². The van der Waals surface area contributed by atoms with Crippen LogP contribution in [-0.4, -0.2) is 31.4 Å². The summed E-state index contributed by atoms with van der Waals surface area (Å²) in [4.78, 5) is 0. The van der Waals surface area contributed by atoms with E-state index in [1.54, 1.807) is 0 Å². The van der Waals surface area contributed by atoms with E-state index in [2.05, 4.69) is 54.5 Å². The lowest BCUT2D eigenvalue weighted by Crippen LogP contribution is -2.26. The molecule has 5 nitrogen and oxygen atoms in total. The third kappa shape index (κ3) is 4.44. The Morgan fingerprint density at radius 2 is 1.86 bits per heavy atom. The zero-order valence-electron chi connectivity index (χ0n) is 17.2. The van der Waals surface area contributed by atoms with E-state index in [1.165, 1.54) is 11.1 Å². The first-order valence-corrected chi connectivity index (χ1v) is 12.0. The highest BCUT2D eigenvalue weighted by atomic mass is 32.2. The van der Waals surface area contributed by atoms with Gasteiger partial charge in [0.1, 0.15) is 0 Å². The van der Waals surface area contributed by atoms with Gasteiger partial charge in [0.15, 0.2) is 0 Å². The molecule has 28 heavy (non-hydrogen) atoms. The molecule has 0 radical (unpaired) electrons. The molecule has 2 heterocycles. The minimum Gasteiger partial charge on any atom is -0.381 e. The number of aromatic nitrogens is 1. The summed E-state index contributed by atoms with van der Waals surface area (Å²) in [6.45, 7) is 9.63. The van der Waals surface area contributed by atoms with Gasteiger partial charge in [-0.1, -0.05) is 32.9 Å². The van der Waals surface area contributed by atoms with Gasteiger partial charge < -0.3 is 9.30 Å². The van der Waals surface area contributed by atoms with E-state index >= 15 is 0 Å². The number of benzene rings is 1. The predicted molar refractivity (Wildman–Crippen MR) is 113 cm³/mol. The number of nitrogens with zero attached hydrogens (tertiary/aromatic N) is 1. The summed E-state index contributed by atoms with van der Waals surface area (Å²) in [5, 5.41) is 0.967. The summed E-state index contributed by atoms with van der Waals surface area (Å²) in [5.74, 6) is 0.549. The molecule has 1 N–H and O–H groups in total. The molecule has 1 aliphatic heterocycles. The fourth-order valence-electron chi connectivity index (χ4n) is 4.13. The summed E-state index contributed by atoms with van der Waals surface area (Å²) < 4.78 is 35.2. The van der Waals surface area contributed by atoms with Gasteiger partial charge in [-0.2, -0.15) is 0 Å². The molecule has 2 fully saturated rings. The fourth-order valence-corrected chi connectivity index (χ4v) is 5.48. The molecule has 0 bridgehead atoms. The molecule has 1 saturated heterocycles. The smallest absolute Gasteiger partial charge is 0.214 e. The van der Waals surface area contributed by atoms with E-state index < -0.39 is 10.0 Å². The van der Waals surface area contributed by atoms with E-state index in [0.29, 0.717) is 12.5 Å². The summed E-state index contributed by atoms with van der Waals surface area (Å²) in [5.41, 5.74) is 3.78. The molecule has 0 unspecified atom stereocenters. The van der Waals surface area contributed by atoms with Crippen molar-refractivity contribution in [2.45, 2.75) is 70.7 Å². The molecular weight excluding hydrogens is 372 g/mol. The number of rotatable bonds is 6. The van der Waals surface area contributed by atoms with Gasteiger partial charge in [0.05, 0.1) is 5.25 Å². The monoisotopic (exact) mass is 404 g/mol. The predicted octanol–water partition coefficient (Wildman–Crippen LogP) is 4.16. The lowest BCUT2D eigenvalue weighted by molar-refractivity contribution is 0.0853. The standard InChI is InChI=1S/C22H32N2O3S/c1-22(2,3)15-24-14-18(13-23-28(25,26)19-5-6-19)20-7-4-17(12-21(20)24)16-8-10-27-11-9-16/h4,7,12,14,16,19,23H,5-6,8-11,13,15H2,1-3H3. The largest absolute Gasteiger partial charge is 0.381 e. The summed E-state index contributed by atoms with van der Waals surface area (Å²) >= 11 is 0.